The van der Waals surface area contributed by atoms with E-state index in [0.29, 0.717) is 18.7 Å². The molecular formula is C16H20FN5O. The molecule has 1 aliphatic rings. The van der Waals surface area contributed by atoms with Crippen LogP contribution in [-0.4, -0.2) is 46.7 Å². The Morgan fingerprint density at radius 1 is 1.52 bits per heavy atom. The summed E-state index contributed by atoms with van der Waals surface area (Å²) in [5.74, 6) is -0.410. The van der Waals surface area contributed by atoms with Crippen LogP contribution < -0.4 is 10.6 Å². The van der Waals surface area contributed by atoms with Gasteiger partial charge in [0.05, 0.1) is 6.20 Å². The number of benzene rings is 1. The lowest BCUT2D eigenvalue weighted by molar-refractivity contribution is -0.124. The first-order valence-corrected chi connectivity index (χ1v) is 7.57. The molecule has 3 N–H and O–H groups in total. The van der Waals surface area contributed by atoms with Crippen molar-refractivity contribution in [1.82, 2.24) is 20.4 Å². The van der Waals surface area contributed by atoms with Gasteiger partial charge in [-0.1, -0.05) is 6.07 Å². The van der Waals surface area contributed by atoms with Crippen molar-refractivity contribution in [3.05, 3.63) is 48.0 Å². The van der Waals surface area contributed by atoms with Crippen molar-refractivity contribution in [2.45, 2.75) is 18.5 Å². The van der Waals surface area contributed by atoms with Gasteiger partial charge in [-0.3, -0.25) is 14.8 Å². The van der Waals surface area contributed by atoms with Crippen molar-refractivity contribution in [3.8, 4) is 0 Å². The molecule has 1 aromatic carbocycles. The van der Waals surface area contributed by atoms with Crippen molar-refractivity contribution in [2.24, 2.45) is 0 Å². The molecule has 23 heavy (non-hydrogen) atoms. The van der Waals surface area contributed by atoms with Crippen LogP contribution in [0.1, 0.15) is 12.0 Å². The third-order valence-corrected chi connectivity index (χ3v) is 4.18. The second-order valence-corrected chi connectivity index (χ2v) is 5.86. The highest BCUT2D eigenvalue weighted by atomic mass is 19.1. The number of halogens is 1. The fraction of sp³-hybridized carbons (Fsp3) is 0.375. The van der Waals surface area contributed by atoms with Crippen LogP contribution in [0.3, 0.4) is 0 Å². The number of anilines is 1. The Kier molecular flexibility index (Phi) is 4.29. The lowest BCUT2D eigenvalue weighted by Gasteiger charge is -2.30. The SMILES string of the molecule is CNC(=O)C1(Nc2cccc(F)c2)CCN(Cc2cn[nH]c2)C1. The molecule has 0 bridgehead atoms. The summed E-state index contributed by atoms with van der Waals surface area (Å²) in [6.45, 7) is 2.05. The van der Waals surface area contributed by atoms with Gasteiger partial charge in [0.15, 0.2) is 0 Å². The summed E-state index contributed by atoms with van der Waals surface area (Å²) in [5.41, 5.74) is 0.925. The molecule has 1 fully saturated rings. The number of aromatic nitrogens is 2. The van der Waals surface area contributed by atoms with E-state index in [-0.39, 0.29) is 11.7 Å². The van der Waals surface area contributed by atoms with Gasteiger partial charge in [0, 0.05) is 44.1 Å². The van der Waals surface area contributed by atoms with Gasteiger partial charge in [-0.25, -0.2) is 4.39 Å². The van der Waals surface area contributed by atoms with E-state index in [1.807, 2.05) is 6.20 Å². The topological polar surface area (TPSA) is 73.1 Å². The number of likely N-dealkylation sites (N-methyl/N-ethyl adjacent to an activating group) is 1. The fourth-order valence-corrected chi connectivity index (χ4v) is 3.07. The normalized spacial score (nSPS) is 21.3. The van der Waals surface area contributed by atoms with Gasteiger partial charge < -0.3 is 10.6 Å². The molecule has 0 aliphatic carbocycles. The minimum absolute atomic E-state index is 0.0866. The van der Waals surface area contributed by atoms with Gasteiger partial charge >= 0.3 is 0 Å². The number of carbonyl (C=O) groups excluding carboxylic acids is 1. The standard InChI is InChI=1S/C16H20FN5O/c1-18-15(23)16(21-14-4-2-3-13(17)7-14)5-6-22(11-16)10-12-8-19-20-9-12/h2-4,7-9,21H,5-6,10-11H2,1H3,(H,18,23)(H,19,20). The average Bonchev–Trinajstić information content (AvgIpc) is 3.18. The van der Waals surface area contributed by atoms with Crippen LogP contribution >= 0.6 is 0 Å². The van der Waals surface area contributed by atoms with Crippen LogP contribution in [0.4, 0.5) is 10.1 Å². The summed E-state index contributed by atoms with van der Waals surface area (Å²) in [4.78, 5) is 14.6. The molecule has 0 radical (unpaired) electrons. The van der Waals surface area contributed by atoms with Crippen molar-refractivity contribution >= 4 is 11.6 Å². The van der Waals surface area contributed by atoms with Gasteiger partial charge in [-0.2, -0.15) is 5.10 Å². The van der Waals surface area contributed by atoms with Crippen LogP contribution in [0.5, 0.6) is 0 Å². The van der Waals surface area contributed by atoms with Gasteiger partial charge in [0.2, 0.25) is 5.91 Å². The van der Waals surface area contributed by atoms with Gasteiger partial charge in [-0.05, 0) is 24.6 Å². The average molecular weight is 317 g/mol. The highest BCUT2D eigenvalue weighted by Gasteiger charge is 2.44. The van der Waals surface area contributed by atoms with E-state index >= 15 is 0 Å². The number of nitrogens with zero attached hydrogens (tertiary/aromatic N) is 2. The molecule has 0 saturated carbocycles. The molecule has 1 aliphatic heterocycles. The molecule has 1 unspecified atom stereocenters. The van der Waals surface area contributed by atoms with E-state index in [0.717, 1.165) is 18.7 Å². The lowest BCUT2D eigenvalue weighted by Crippen LogP contribution is -2.53. The third-order valence-electron chi connectivity index (χ3n) is 4.18. The zero-order valence-electron chi connectivity index (χ0n) is 13.0. The molecule has 3 rings (SSSR count). The van der Waals surface area contributed by atoms with Crippen LogP contribution in [0.2, 0.25) is 0 Å². The molecule has 2 heterocycles. The van der Waals surface area contributed by atoms with Crippen molar-refractivity contribution in [1.29, 1.82) is 0 Å². The van der Waals surface area contributed by atoms with E-state index in [2.05, 4.69) is 25.7 Å². The number of likely N-dealkylation sites (tertiary alicyclic amines) is 1. The molecule has 1 atom stereocenters. The Hall–Kier alpha value is -2.41. The van der Waals surface area contributed by atoms with Gasteiger partial charge in [-0.15, -0.1) is 0 Å². The Balaban J connectivity index is 1.77. The van der Waals surface area contributed by atoms with Crippen molar-refractivity contribution < 1.29 is 9.18 Å². The Morgan fingerprint density at radius 3 is 3.09 bits per heavy atom. The summed E-state index contributed by atoms with van der Waals surface area (Å²) in [6.07, 6.45) is 4.28. The van der Waals surface area contributed by atoms with Crippen LogP contribution in [-0.2, 0) is 11.3 Å². The number of nitrogens with one attached hydrogen (secondary N) is 3. The Labute approximate surface area is 134 Å². The maximum absolute atomic E-state index is 13.4. The first-order valence-electron chi connectivity index (χ1n) is 7.57. The molecule has 2 aromatic rings. The monoisotopic (exact) mass is 317 g/mol. The summed E-state index contributed by atoms with van der Waals surface area (Å²) >= 11 is 0. The highest BCUT2D eigenvalue weighted by Crippen LogP contribution is 2.28. The van der Waals surface area contributed by atoms with Crippen LogP contribution in [0, 0.1) is 5.82 Å². The molecular weight excluding hydrogens is 297 g/mol. The zero-order chi connectivity index (χ0) is 16.3. The molecule has 6 nitrogen and oxygen atoms in total. The second-order valence-electron chi connectivity index (χ2n) is 5.86. The van der Waals surface area contributed by atoms with E-state index in [1.54, 1.807) is 25.4 Å². The predicted molar refractivity (Wildman–Crippen MR) is 85.3 cm³/mol. The molecule has 1 aromatic heterocycles. The molecule has 7 heteroatoms. The molecule has 122 valence electrons. The van der Waals surface area contributed by atoms with E-state index in [1.165, 1.54) is 12.1 Å². The summed E-state index contributed by atoms with van der Waals surface area (Å²) in [5, 5.41) is 12.7. The number of carbonyl (C=O) groups is 1. The van der Waals surface area contributed by atoms with Crippen molar-refractivity contribution in [3.63, 3.8) is 0 Å². The predicted octanol–water partition coefficient (Wildman–Crippen LogP) is 1.35. The van der Waals surface area contributed by atoms with E-state index in [9.17, 15) is 9.18 Å². The maximum Gasteiger partial charge on any atom is 0.246 e. The lowest BCUT2D eigenvalue weighted by atomic mass is 9.96. The minimum Gasteiger partial charge on any atom is -0.370 e. The van der Waals surface area contributed by atoms with E-state index < -0.39 is 5.54 Å². The quantitative estimate of drug-likeness (QED) is 0.778. The van der Waals surface area contributed by atoms with Crippen molar-refractivity contribution in [2.75, 3.05) is 25.5 Å². The van der Waals surface area contributed by atoms with Crippen LogP contribution in [0.15, 0.2) is 36.7 Å². The van der Waals surface area contributed by atoms with Gasteiger partial charge in [0.25, 0.3) is 0 Å². The Bertz CT molecular complexity index is 675. The first-order chi connectivity index (χ1) is 11.1. The number of hydrogen-bond donors (Lipinski definition) is 3. The molecule has 1 saturated heterocycles. The Morgan fingerprint density at radius 2 is 2.39 bits per heavy atom. The summed E-state index contributed by atoms with van der Waals surface area (Å²) < 4.78 is 13.4. The van der Waals surface area contributed by atoms with E-state index in [4.69, 9.17) is 0 Å². The number of amides is 1. The third kappa shape index (κ3) is 3.34. The fourth-order valence-electron chi connectivity index (χ4n) is 3.07. The molecule has 0 spiro atoms. The summed E-state index contributed by atoms with van der Waals surface area (Å²) in [7, 11) is 1.62. The smallest absolute Gasteiger partial charge is 0.246 e. The van der Waals surface area contributed by atoms with Gasteiger partial charge in [0.1, 0.15) is 11.4 Å². The zero-order valence-corrected chi connectivity index (χ0v) is 13.0. The number of H-pyrrole nitrogens is 1. The largest absolute Gasteiger partial charge is 0.370 e. The number of rotatable bonds is 5. The summed E-state index contributed by atoms with van der Waals surface area (Å²) in [6, 6.07) is 6.20. The van der Waals surface area contributed by atoms with Crippen LogP contribution in [0.25, 0.3) is 0 Å². The minimum atomic E-state index is -0.758. The second kappa shape index (κ2) is 6.37. The maximum atomic E-state index is 13.4. The number of aromatic amines is 1. The highest BCUT2D eigenvalue weighted by molar-refractivity contribution is 5.90. The first kappa shape index (κ1) is 15.5. The molecule has 1 amide bonds. The number of hydrogen-bond acceptors (Lipinski definition) is 4.